The van der Waals surface area contributed by atoms with Crippen LogP contribution in [0, 0.1) is 6.92 Å². The van der Waals surface area contributed by atoms with Crippen molar-refractivity contribution in [3.63, 3.8) is 0 Å². The zero-order chi connectivity index (χ0) is 16.8. The monoisotopic (exact) mass is 323 g/mol. The number of hydrogen-bond donors (Lipinski definition) is 1. The van der Waals surface area contributed by atoms with Gasteiger partial charge in [0.25, 0.3) is 5.91 Å². The Morgan fingerprint density at radius 3 is 2.54 bits per heavy atom. The minimum atomic E-state index is -0.170. The summed E-state index contributed by atoms with van der Waals surface area (Å²) >= 11 is 0. The Bertz CT molecular complexity index is 798. The maximum Gasteiger partial charge on any atom is 0.258 e. The summed E-state index contributed by atoms with van der Waals surface area (Å²) in [6.45, 7) is 2.19. The summed E-state index contributed by atoms with van der Waals surface area (Å²) in [6.07, 6.45) is 0. The quantitative estimate of drug-likeness (QED) is 0.755. The molecule has 1 N–H and O–H groups in total. The molecule has 3 aromatic rings. The Balaban J connectivity index is 1.48. The van der Waals surface area contributed by atoms with Gasteiger partial charge in [0.15, 0.2) is 6.61 Å². The normalized spacial score (nSPS) is 10.4. The van der Waals surface area contributed by atoms with Gasteiger partial charge >= 0.3 is 0 Å². The van der Waals surface area contributed by atoms with Crippen LogP contribution < -0.4 is 10.1 Å². The number of hydrogen-bond acceptors (Lipinski definition) is 5. The highest BCUT2D eigenvalue weighted by Gasteiger charge is 2.07. The summed E-state index contributed by atoms with van der Waals surface area (Å²) in [4.78, 5) is 16.0. The van der Waals surface area contributed by atoms with Gasteiger partial charge in [-0.1, -0.05) is 35.5 Å². The largest absolute Gasteiger partial charge is 0.484 e. The van der Waals surface area contributed by atoms with Crippen LogP contribution in [-0.2, 0) is 11.3 Å². The molecule has 0 saturated heterocycles. The molecule has 0 saturated carbocycles. The van der Waals surface area contributed by atoms with Gasteiger partial charge in [0.2, 0.25) is 11.7 Å². The second-order valence-corrected chi connectivity index (χ2v) is 5.21. The van der Waals surface area contributed by atoms with Crippen molar-refractivity contribution in [3.8, 4) is 17.1 Å². The van der Waals surface area contributed by atoms with Crippen molar-refractivity contribution >= 4 is 5.91 Å². The lowest BCUT2D eigenvalue weighted by Gasteiger charge is -2.08. The van der Waals surface area contributed by atoms with Crippen molar-refractivity contribution in [2.24, 2.45) is 0 Å². The Hall–Kier alpha value is -3.15. The molecule has 0 aliphatic rings. The summed E-state index contributed by atoms with van der Waals surface area (Å²) in [5, 5.41) is 6.66. The zero-order valence-corrected chi connectivity index (χ0v) is 13.2. The number of benzene rings is 2. The fraction of sp³-hybridized carbons (Fsp3) is 0.167. The van der Waals surface area contributed by atoms with Crippen LogP contribution in [0.3, 0.4) is 0 Å². The molecule has 0 radical (unpaired) electrons. The van der Waals surface area contributed by atoms with Crippen LogP contribution in [-0.4, -0.2) is 22.7 Å². The molecule has 2 aromatic carbocycles. The fourth-order valence-corrected chi connectivity index (χ4v) is 2.11. The molecule has 0 fully saturated rings. The van der Waals surface area contributed by atoms with Gasteiger partial charge in [-0.15, -0.1) is 0 Å². The lowest BCUT2D eigenvalue weighted by molar-refractivity contribution is -0.123. The van der Waals surface area contributed by atoms with Gasteiger partial charge in [0.05, 0.1) is 0 Å². The van der Waals surface area contributed by atoms with Crippen molar-refractivity contribution in [3.05, 3.63) is 66.1 Å². The predicted molar refractivity (Wildman–Crippen MR) is 88.3 cm³/mol. The molecular weight excluding hydrogens is 306 g/mol. The van der Waals surface area contributed by atoms with E-state index in [1.54, 1.807) is 19.1 Å². The topological polar surface area (TPSA) is 77.2 Å². The van der Waals surface area contributed by atoms with E-state index in [0.29, 0.717) is 24.0 Å². The molecular formula is C18H17N3O3. The maximum atomic E-state index is 11.8. The van der Waals surface area contributed by atoms with E-state index >= 15 is 0 Å². The predicted octanol–water partition coefficient (Wildman–Crippen LogP) is 2.74. The average Bonchev–Trinajstić information content (AvgIpc) is 3.06. The number of aromatic nitrogens is 2. The van der Waals surface area contributed by atoms with Gasteiger partial charge in [-0.3, -0.25) is 4.79 Å². The van der Waals surface area contributed by atoms with Crippen molar-refractivity contribution in [1.82, 2.24) is 15.5 Å². The highest BCUT2D eigenvalue weighted by atomic mass is 16.5. The number of ether oxygens (including phenoxy) is 1. The highest BCUT2D eigenvalue weighted by molar-refractivity contribution is 5.77. The second kappa shape index (κ2) is 7.41. The second-order valence-electron chi connectivity index (χ2n) is 5.21. The average molecular weight is 323 g/mol. The molecule has 0 aliphatic heterocycles. The van der Waals surface area contributed by atoms with E-state index in [9.17, 15) is 4.79 Å². The number of nitrogens with zero attached hydrogens (tertiary/aromatic N) is 2. The van der Waals surface area contributed by atoms with E-state index in [-0.39, 0.29) is 12.5 Å². The van der Waals surface area contributed by atoms with E-state index in [1.165, 1.54) is 0 Å². The molecule has 3 rings (SSSR count). The number of carbonyl (C=O) groups excluding carboxylic acids is 1. The Kier molecular flexibility index (Phi) is 4.86. The molecule has 0 unspecified atom stereocenters. The molecule has 6 heteroatoms. The van der Waals surface area contributed by atoms with Crippen molar-refractivity contribution in [1.29, 1.82) is 0 Å². The van der Waals surface area contributed by atoms with Crippen LogP contribution in [0.25, 0.3) is 11.4 Å². The van der Waals surface area contributed by atoms with Gasteiger partial charge in [-0.05, 0) is 29.8 Å². The SMILES string of the molecule is Cc1nc(-c2ccc(OCC(=O)NCc3ccccc3)cc2)no1. The Labute approximate surface area is 139 Å². The number of aryl methyl sites for hydroxylation is 1. The van der Waals surface area contributed by atoms with Gasteiger partial charge in [0.1, 0.15) is 5.75 Å². The summed E-state index contributed by atoms with van der Waals surface area (Å²) in [7, 11) is 0. The molecule has 6 nitrogen and oxygen atoms in total. The third kappa shape index (κ3) is 4.19. The number of nitrogens with one attached hydrogen (secondary N) is 1. The third-order valence-corrected chi connectivity index (χ3v) is 3.34. The molecule has 1 heterocycles. The van der Waals surface area contributed by atoms with Crippen LogP contribution in [0.15, 0.2) is 59.1 Å². The van der Waals surface area contributed by atoms with E-state index in [4.69, 9.17) is 9.26 Å². The molecule has 122 valence electrons. The van der Waals surface area contributed by atoms with Gasteiger partial charge in [0, 0.05) is 19.0 Å². The van der Waals surface area contributed by atoms with Crippen molar-refractivity contribution in [2.75, 3.05) is 6.61 Å². The molecule has 1 amide bonds. The fourth-order valence-electron chi connectivity index (χ4n) is 2.11. The number of amides is 1. The summed E-state index contributed by atoms with van der Waals surface area (Å²) in [5.41, 5.74) is 1.87. The standard InChI is InChI=1S/C18H17N3O3/c1-13-20-18(21-24-13)15-7-9-16(10-8-15)23-12-17(22)19-11-14-5-3-2-4-6-14/h2-10H,11-12H2,1H3,(H,19,22). The van der Waals surface area contributed by atoms with Crippen LogP contribution in [0.2, 0.25) is 0 Å². The minimum Gasteiger partial charge on any atom is -0.484 e. The summed E-state index contributed by atoms with van der Waals surface area (Å²) in [6, 6.07) is 16.9. The summed E-state index contributed by atoms with van der Waals surface area (Å²) in [5.74, 6) is 1.48. The number of carbonyl (C=O) groups is 1. The molecule has 0 atom stereocenters. The molecule has 1 aromatic heterocycles. The maximum absolute atomic E-state index is 11.8. The van der Waals surface area contributed by atoms with Crippen LogP contribution in [0.4, 0.5) is 0 Å². The lowest BCUT2D eigenvalue weighted by atomic mass is 10.2. The van der Waals surface area contributed by atoms with Gasteiger partial charge in [-0.2, -0.15) is 4.98 Å². The molecule has 0 aliphatic carbocycles. The molecule has 0 spiro atoms. The van der Waals surface area contributed by atoms with E-state index < -0.39 is 0 Å². The van der Waals surface area contributed by atoms with Gasteiger partial charge < -0.3 is 14.6 Å². The highest BCUT2D eigenvalue weighted by Crippen LogP contribution is 2.19. The molecule has 0 bridgehead atoms. The minimum absolute atomic E-state index is 0.0342. The smallest absolute Gasteiger partial charge is 0.258 e. The Morgan fingerprint density at radius 2 is 1.88 bits per heavy atom. The van der Waals surface area contributed by atoms with Crippen LogP contribution in [0.1, 0.15) is 11.5 Å². The first kappa shape index (κ1) is 15.7. The third-order valence-electron chi connectivity index (χ3n) is 3.34. The lowest BCUT2D eigenvalue weighted by Crippen LogP contribution is -2.28. The van der Waals surface area contributed by atoms with E-state index in [1.807, 2.05) is 42.5 Å². The first-order valence-corrected chi connectivity index (χ1v) is 7.55. The number of rotatable bonds is 6. The van der Waals surface area contributed by atoms with Crippen molar-refractivity contribution < 1.29 is 14.1 Å². The van der Waals surface area contributed by atoms with Crippen LogP contribution >= 0.6 is 0 Å². The first-order chi connectivity index (χ1) is 11.7. The first-order valence-electron chi connectivity index (χ1n) is 7.55. The van der Waals surface area contributed by atoms with E-state index in [0.717, 1.165) is 11.1 Å². The zero-order valence-electron chi connectivity index (χ0n) is 13.2. The van der Waals surface area contributed by atoms with Crippen molar-refractivity contribution in [2.45, 2.75) is 13.5 Å². The van der Waals surface area contributed by atoms with E-state index in [2.05, 4.69) is 15.5 Å². The van der Waals surface area contributed by atoms with Crippen LogP contribution in [0.5, 0.6) is 5.75 Å². The Morgan fingerprint density at radius 1 is 1.12 bits per heavy atom. The summed E-state index contributed by atoms with van der Waals surface area (Å²) < 4.78 is 10.4. The van der Waals surface area contributed by atoms with Gasteiger partial charge in [-0.25, -0.2) is 0 Å². The molecule has 24 heavy (non-hydrogen) atoms.